The molecular formula is C11H17N3O5S2. The van der Waals surface area contributed by atoms with Crippen molar-refractivity contribution < 1.29 is 21.6 Å². The molecule has 0 bridgehead atoms. The normalized spacial score (nSPS) is 12.8. The van der Waals surface area contributed by atoms with Crippen LogP contribution in [0.15, 0.2) is 24.3 Å². The predicted octanol–water partition coefficient (Wildman–Crippen LogP) is 0.0637. The molecule has 1 amide bonds. The molecule has 8 nitrogen and oxygen atoms in total. The molecule has 0 unspecified atom stereocenters. The maximum absolute atomic E-state index is 12.0. The van der Waals surface area contributed by atoms with Crippen LogP contribution in [-0.2, 0) is 24.8 Å². The van der Waals surface area contributed by atoms with Crippen molar-refractivity contribution in [1.82, 2.24) is 0 Å². The van der Waals surface area contributed by atoms with Crippen LogP contribution in [0.5, 0.6) is 0 Å². The van der Waals surface area contributed by atoms with Gasteiger partial charge in [-0.15, -0.1) is 0 Å². The molecule has 0 aliphatic heterocycles. The Balaban J connectivity index is 3.00. The van der Waals surface area contributed by atoms with Gasteiger partial charge in [0, 0.05) is 11.9 Å². The molecule has 0 radical (unpaired) electrons. The van der Waals surface area contributed by atoms with Gasteiger partial charge in [0.1, 0.15) is 4.75 Å². The van der Waals surface area contributed by atoms with Crippen LogP contribution in [0.3, 0.4) is 0 Å². The Labute approximate surface area is 123 Å². The Morgan fingerprint density at radius 2 is 1.67 bits per heavy atom. The number of carbonyl (C=O) groups excluding carboxylic acids is 1. The first-order chi connectivity index (χ1) is 9.33. The number of hydrogen-bond donors (Lipinski definition) is 3. The highest BCUT2D eigenvalue weighted by Gasteiger charge is 2.38. The Kier molecular flexibility index (Phi) is 4.66. The van der Waals surface area contributed by atoms with Crippen molar-refractivity contribution in [3.05, 3.63) is 24.3 Å². The Morgan fingerprint density at radius 1 is 1.14 bits per heavy atom. The fourth-order valence-corrected chi connectivity index (χ4v) is 2.12. The summed E-state index contributed by atoms with van der Waals surface area (Å²) in [5, 5.41) is 7.26. The van der Waals surface area contributed by atoms with Gasteiger partial charge >= 0.3 is 0 Å². The van der Waals surface area contributed by atoms with Crippen LogP contribution in [0.25, 0.3) is 0 Å². The first-order valence-corrected chi connectivity index (χ1v) is 9.18. The summed E-state index contributed by atoms with van der Waals surface area (Å²) in [5.41, 5.74) is 0.387. The van der Waals surface area contributed by atoms with Crippen molar-refractivity contribution in [3.8, 4) is 0 Å². The standard InChI is InChI=1S/C11H17N3O5S2/c1-11(2,20(3,16)17)10(15)13-8-5-4-6-9(7-8)14-21(12,18)19/h4-7,14H,1-3H3,(H,13,15)(H2,12,18,19). The summed E-state index contributed by atoms with van der Waals surface area (Å²) in [6.07, 6.45) is 0.964. The number of amides is 1. The molecule has 0 atom stereocenters. The fraction of sp³-hybridized carbons (Fsp3) is 0.364. The lowest BCUT2D eigenvalue weighted by molar-refractivity contribution is -0.117. The smallest absolute Gasteiger partial charge is 0.296 e. The Hall–Kier alpha value is -1.65. The third-order valence-electron chi connectivity index (χ3n) is 2.85. The fourth-order valence-electron chi connectivity index (χ4n) is 1.27. The van der Waals surface area contributed by atoms with E-state index in [0.29, 0.717) is 0 Å². The summed E-state index contributed by atoms with van der Waals surface area (Å²) in [7, 11) is -7.54. The van der Waals surface area contributed by atoms with Crippen molar-refractivity contribution in [1.29, 1.82) is 0 Å². The third-order valence-corrected chi connectivity index (χ3v) is 5.41. The molecule has 0 saturated carbocycles. The molecule has 1 aromatic rings. The molecule has 10 heteroatoms. The number of rotatable bonds is 5. The number of sulfone groups is 1. The van der Waals surface area contributed by atoms with E-state index in [4.69, 9.17) is 5.14 Å². The van der Waals surface area contributed by atoms with Gasteiger partial charge in [0.05, 0.1) is 5.69 Å². The van der Waals surface area contributed by atoms with Gasteiger partial charge in [0.2, 0.25) is 5.91 Å². The maximum Gasteiger partial charge on any atom is 0.296 e. The van der Waals surface area contributed by atoms with Crippen molar-refractivity contribution in [3.63, 3.8) is 0 Å². The largest absolute Gasteiger partial charge is 0.325 e. The van der Waals surface area contributed by atoms with Crippen LogP contribution in [0, 0.1) is 0 Å². The lowest BCUT2D eigenvalue weighted by Gasteiger charge is -2.21. The zero-order valence-electron chi connectivity index (χ0n) is 11.7. The van der Waals surface area contributed by atoms with Gasteiger partial charge in [0.25, 0.3) is 10.2 Å². The number of benzene rings is 1. The van der Waals surface area contributed by atoms with Gasteiger partial charge < -0.3 is 5.32 Å². The van der Waals surface area contributed by atoms with Gasteiger partial charge in [0.15, 0.2) is 9.84 Å². The van der Waals surface area contributed by atoms with E-state index in [1.807, 2.05) is 4.72 Å². The van der Waals surface area contributed by atoms with Crippen LogP contribution in [0.4, 0.5) is 11.4 Å². The molecule has 21 heavy (non-hydrogen) atoms. The molecular weight excluding hydrogens is 318 g/mol. The number of carbonyl (C=O) groups is 1. The average Bonchev–Trinajstić information content (AvgIpc) is 2.25. The van der Waals surface area contributed by atoms with Crippen molar-refractivity contribution >= 4 is 37.3 Å². The zero-order valence-corrected chi connectivity index (χ0v) is 13.4. The van der Waals surface area contributed by atoms with Gasteiger partial charge in [-0.1, -0.05) is 6.07 Å². The van der Waals surface area contributed by atoms with Crippen molar-refractivity contribution in [2.75, 3.05) is 16.3 Å². The lowest BCUT2D eigenvalue weighted by atomic mass is 10.2. The predicted molar refractivity (Wildman–Crippen MR) is 80.7 cm³/mol. The molecule has 0 aromatic heterocycles. The molecule has 0 aliphatic carbocycles. The summed E-state index contributed by atoms with van der Waals surface area (Å²) >= 11 is 0. The second kappa shape index (κ2) is 5.62. The van der Waals surface area contributed by atoms with E-state index in [2.05, 4.69) is 5.32 Å². The third kappa shape index (κ3) is 4.69. The minimum Gasteiger partial charge on any atom is -0.325 e. The van der Waals surface area contributed by atoms with E-state index in [0.717, 1.165) is 6.26 Å². The monoisotopic (exact) mass is 335 g/mol. The van der Waals surface area contributed by atoms with Crippen molar-refractivity contribution in [2.45, 2.75) is 18.6 Å². The van der Waals surface area contributed by atoms with Crippen LogP contribution in [0.2, 0.25) is 0 Å². The SMILES string of the molecule is CC(C)(C(=O)Nc1cccc(NS(N)(=O)=O)c1)S(C)(=O)=O. The number of hydrogen-bond acceptors (Lipinski definition) is 5. The van der Waals surface area contributed by atoms with Crippen LogP contribution in [-0.4, -0.2) is 33.7 Å². The lowest BCUT2D eigenvalue weighted by Crippen LogP contribution is -2.43. The summed E-state index contributed by atoms with van der Waals surface area (Å²) in [4.78, 5) is 12.0. The van der Waals surface area contributed by atoms with E-state index >= 15 is 0 Å². The summed E-state index contributed by atoms with van der Waals surface area (Å²) in [6.45, 7) is 2.56. The quantitative estimate of drug-likeness (QED) is 0.699. The molecule has 118 valence electrons. The molecule has 1 rings (SSSR count). The molecule has 0 heterocycles. The molecule has 4 N–H and O–H groups in total. The topological polar surface area (TPSA) is 135 Å². The van der Waals surface area contributed by atoms with E-state index in [-0.39, 0.29) is 11.4 Å². The van der Waals surface area contributed by atoms with Gasteiger partial charge in [-0.2, -0.15) is 8.42 Å². The Morgan fingerprint density at radius 3 is 2.14 bits per heavy atom. The summed E-state index contributed by atoms with van der Waals surface area (Å²) < 4.78 is 45.4. The number of nitrogens with two attached hydrogens (primary N) is 1. The minimum atomic E-state index is -3.93. The molecule has 0 saturated heterocycles. The molecule has 1 aromatic carbocycles. The zero-order chi connectivity index (χ0) is 16.5. The highest BCUT2D eigenvalue weighted by atomic mass is 32.2. The Bertz CT molecular complexity index is 754. The van der Waals surface area contributed by atoms with E-state index in [1.54, 1.807) is 0 Å². The second-order valence-corrected chi connectivity index (χ2v) is 8.82. The van der Waals surface area contributed by atoms with Crippen LogP contribution < -0.4 is 15.2 Å². The first-order valence-electron chi connectivity index (χ1n) is 5.74. The second-order valence-electron chi connectivity index (χ2n) is 4.96. The number of nitrogens with one attached hydrogen (secondary N) is 2. The maximum atomic E-state index is 12.0. The summed E-state index contributed by atoms with van der Waals surface area (Å²) in [6, 6.07) is 5.73. The highest BCUT2D eigenvalue weighted by Crippen LogP contribution is 2.20. The molecule has 0 fully saturated rings. The molecule has 0 spiro atoms. The first kappa shape index (κ1) is 17.4. The van der Waals surface area contributed by atoms with Gasteiger partial charge in [-0.3, -0.25) is 9.52 Å². The molecule has 0 aliphatic rings. The van der Waals surface area contributed by atoms with E-state index in [9.17, 15) is 21.6 Å². The van der Waals surface area contributed by atoms with Gasteiger partial charge in [-0.25, -0.2) is 13.6 Å². The number of anilines is 2. The summed E-state index contributed by atoms with van der Waals surface area (Å²) in [5.74, 6) is -0.724. The average molecular weight is 335 g/mol. The van der Waals surface area contributed by atoms with Crippen molar-refractivity contribution in [2.24, 2.45) is 5.14 Å². The van der Waals surface area contributed by atoms with Gasteiger partial charge in [-0.05, 0) is 32.0 Å². The van der Waals surface area contributed by atoms with E-state index < -0.39 is 30.7 Å². The highest BCUT2D eigenvalue weighted by molar-refractivity contribution is 7.92. The van der Waals surface area contributed by atoms with Crippen LogP contribution >= 0.6 is 0 Å². The van der Waals surface area contributed by atoms with Crippen LogP contribution in [0.1, 0.15) is 13.8 Å². The van der Waals surface area contributed by atoms with E-state index in [1.165, 1.54) is 38.1 Å². The minimum absolute atomic E-state index is 0.146.